The first-order valence-electron chi connectivity index (χ1n) is 32.6. The number of fused-ring (bicyclic) bond motifs is 6. The third-order valence-electron chi connectivity index (χ3n) is 20.0. The van der Waals surface area contributed by atoms with Gasteiger partial charge in [-0.05, 0) is 150 Å². The van der Waals surface area contributed by atoms with Gasteiger partial charge in [0.05, 0.1) is 11.4 Å². The topological polar surface area (TPSA) is 6.48 Å². The molecule has 0 unspecified atom stereocenters. The van der Waals surface area contributed by atoms with Crippen LogP contribution in [0.1, 0.15) is 26.3 Å². The third kappa shape index (κ3) is 8.79. The molecule has 0 atom stereocenters. The van der Waals surface area contributed by atoms with Gasteiger partial charge in [-0.1, -0.05) is 324 Å². The largest absolute Gasteiger partial charge is 0.310 e. The minimum Gasteiger partial charge on any atom is -0.310 e. The van der Waals surface area contributed by atoms with Crippen molar-refractivity contribution >= 4 is 100 Å². The summed E-state index contributed by atoms with van der Waals surface area (Å²) in [6.07, 6.45) is 0. The van der Waals surface area contributed by atoms with E-state index in [1.54, 1.807) is 0 Å². The van der Waals surface area contributed by atoms with Crippen LogP contribution in [-0.2, 0) is 5.41 Å². The van der Waals surface area contributed by atoms with Crippen molar-refractivity contribution in [1.82, 2.24) is 0 Å². The Bertz CT molecular complexity index is 5400. The van der Waals surface area contributed by atoms with Gasteiger partial charge in [0.2, 0.25) is 0 Å². The zero-order valence-corrected chi connectivity index (χ0v) is 52.1. The van der Waals surface area contributed by atoms with E-state index in [9.17, 15) is 0 Å². The average molecular weight is 1180 g/mol. The molecule has 0 radical (unpaired) electrons. The van der Waals surface area contributed by atoms with E-state index in [2.05, 4.69) is 358 Å². The fraction of sp³-hybridized carbons (Fsp3) is 0.0444. The molecule has 18 rings (SSSR count). The zero-order chi connectivity index (χ0) is 61.9. The van der Waals surface area contributed by atoms with E-state index in [0.717, 1.165) is 89.8 Å². The maximum absolute atomic E-state index is 2.67. The fourth-order valence-corrected chi connectivity index (χ4v) is 15.7. The smallest absolute Gasteiger partial charge is 0.252 e. The van der Waals surface area contributed by atoms with E-state index < -0.39 is 0 Å². The van der Waals surface area contributed by atoms with Crippen LogP contribution in [0.3, 0.4) is 0 Å². The number of hydrogen-bond donors (Lipinski definition) is 0. The van der Waals surface area contributed by atoms with Gasteiger partial charge in [0, 0.05) is 45.0 Å². The number of benzene rings is 16. The fourth-order valence-electron chi connectivity index (χ4n) is 15.7. The molecule has 0 saturated carbocycles. The van der Waals surface area contributed by atoms with Crippen LogP contribution < -0.4 is 26.2 Å². The highest BCUT2D eigenvalue weighted by Crippen LogP contribution is 2.54. The predicted molar refractivity (Wildman–Crippen MR) is 398 cm³/mol. The van der Waals surface area contributed by atoms with Crippen molar-refractivity contribution in [3.8, 4) is 77.9 Å². The van der Waals surface area contributed by atoms with E-state index in [4.69, 9.17) is 0 Å². The van der Waals surface area contributed by atoms with E-state index >= 15 is 0 Å². The predicted octanol–water partition coefficient (Wildman–Crippen LogP) is 22.8. The summed E-state index contributed by atoms with van der Waals surface area (Å²) < 4.78 is 0. The summed E-state index contributed by atoms with van der Waals surface area (Å²) in [5.74, 6) is 0. The quantitative estimate of drug-likeness (QED) is 0.0807. The molecule has 0 spiro atoms. The Morgan fingerprint density at radius 2 is 0.624 bits per heavy atom. The summed E-state index contributed by atoms with van der Waals surface area (Å²) in [7, 11) is 0. The van der Waals surface area contributed by atoms with Gasteiger partial charge in [-0.2, -0.15) is 0 Å². The van der Waals surface area contributed by atoms with Crippen LogP contribution >= 0.6 is 0 Å². The standard InChI is InChI=1S/C90H63BN2/c1-90(2,3)68-48-44-59(45-49-68)67-56-83-87-84(57-67)93(89-72(62-30-15-7-16-31-62)38-22-39-73(89)63-32-17-8-18-33-63)82-53-47-66(69-50-51-78-76-41-20-35-64-34-19-40-75(85(64)76)77-43-23-42-74(69)86(77)78)55-80(82)91(87)79-54-65(58-24-9-4-10-25-58)46-52-81(79)92(83)88-70(60-26-11-5-12-27-60)36-21-37-71(88)61-28-13-6-14-29-61/h4-57H,1-3H3. The van der Waals surface area contributed by atoms with Crippen LogP contribution in [0.2, 0.25) is 0 Å². The van der Waals surface area contributed by atoms with Crippen molar-refractivity contribution in [3.05, 3.63) is 333 Å². The Morgan fingerprint density at radius 3 is 1.10 bits per heavy atom. The van der Waals surface area contributed by atoms with Gasteiger partial charge in [0.25, 0.3) is 6.71 Å². The van der Waals surface area contributed by atoms with Gasteiger partial charge in [0.1, 0.15) is 0 Å². The van der Waals surface area contributed by atoms with Gasteiger partial charge in [-0.3, -0.25) is 0 Å². The Morgan fingerprint density at radius 1 is 0.247 bits per heavy atom. The van der Waals surface area contributed by atoms with Gasteiger partial charge in [-0.25, -0.2) is 0 Å². The number of hydrogen-bond acceptors (Lipinski definition) is 2. The molecule has 0 N–H and O–H groups in total. The van der Waals surface area contributed by atoms with Crippen LogP contribution in [0.25, 0.3) is 121 Å². The highest BCUT2D eigenvalue weighted by Gasteiger charge is 2.46. The molecular weight excluding hydrogens is 1120 g/mol. The molecule has 2 nitrogen and oxygen atoms in total. The summed E-state index contributed by atoms with van der Waals surface area (Å²) in [5, 5.41) is 10.3. The zero-order valence-electron chi connectivity index (χ0n) is 52.1. The van der Waals surface area contributed by atoms with E-state index in [1.165, 1.54) is 87.3 Å². The molecule has 0 saturated heterocycles. The molecule has 93 heavy (non-hydrogen) atoms. The average Bonchev–Trinajstić information content (AvgIpc) is 0.704. The lowest BCUT2D eigenvalue weighted by Gasteiger charge is -2.46. The van der Waals surface area contributed by atoms with Crippen LogP contribution in [-0.4, -0.2) is 6.71 Å². The van der Waals surface area contributed by atoms with Crippen molar-refractivity contribution in [1.29, 1.82) is 0 Å². The molecular formula is C90H63BN2. The molecule has 2 heterocycles. The monoisotopic (exact) mass is 1180 g/mol. The van der Waals surface area contributed by atoms with Crippen molar-refractivity contribution < 1.29 is 0 Å². The SMILES string of the molecule is CC(C)(C)c1ccc(-c2cc3c4c(c2)N(c2c(-c5ccccc5)cccc2-c2ccccc2)c2ccc(-c5ccc6c7cccc8cccc(c9cccc5c96)c87)cc2B4c2cc(-c4ccccc4)ccc2N3c2c(-c3ccccc3)cccc2-c2ccccc2)cc1. The summed E-state index contributed by atoms with van der Waals surface area (Å²) >= 11 is 0. The van der Waals surface area contributed by atoms with Crippen molar-refractivity contribution in [2.24, 2.45) is 0 Å². The molecule has 3 heteroatoms. The number of para-hydroxylation sites is 2. The second kappa shape index (κ2) is 21.6. The van der Waals surface area contributed by atoms with Crippen molar-refractivity contribution in [2.75, 3.05) is 9.80 Å². The van der Waals surface area contributed by atoms with Crippen molar-refractivity contribution in [2.45, 2.75) is 26.2 Å². The molecule has 0 fully saturated rings. The molecule has 436 valence electrons. The van der Waals surface area contributed by atoms with Crippen molar-refractivity contribution in [3.63, 3.8) is 0 Å². The number of nitrogens with zero attached hydrogens (tertiary/aromatic N) is 2. The van der Waals surface area contributed by atoms with Crippen LogP contribution in [0, 0.1) is 0 Å². The first-order chi connectivity index (χ1) is 45.8. The lowest BCUT2D eigenvalue weighted by molar-refractivity contribution is 0.590. The highest BCUT2D eigenvalue weighted by molar-refractivity contribution is 7.00. The van der Waals surface area contributed by atoms with E-state index in [0.29, 0.717) is 0 Å². The second-order valence-corrected chi connectivity index (χ2v) is 26.2. The third-order valence-corrected chi connectivity index (χ3v) is 20.0. The first kappa shape index (κ1) is 54.4. The number of anilines is 6. The lowest BCUT2D eigenvalue weighted by Crippen LogP contribution is -2.61. The molecule has 2 aliphatic rings. The number of rotatable bonds is 9. The van der Waals surface area contributed by atoms with Gasteiger partial charge < -0.3 is 9.80 Å². The van der Waals surface area contributed by atoms with Gasteiger partial charge >= 0.3 is 0 Å². The normalized spacial score (nSPS) is 12.6. The Kier molecular flexibility index (Phi) is 12.6. The molecule has 0 aliphatic carbocycles. The maximum Gasteiger partial charge on any atom is 0.252 e. The van der Waals surface area contributed by atoms with E-state index in [-0.39, 0.29) is 12.1 Å². The molecule has 0 amide bonds. The maximum atomic E-state index is 2.67. The first-order valence-corrected chi connectivity index (χ1v) is 32.6. The van der Waals surface area contributed by atoms with Crippen LogP contribution in [0.5, 0.6) is 0 Å². The Hall–Kier alpha value is -11.5. The second-order valence-electron chi connectivity index (χ2n) is 26.2. The molecule has 16 aromatic carbocycles. The summed E-state index contributed by atoms with van der Waals surface area (Å²) in [4.78, 5) is 5.34. The summed E-state index contributed by atoms with van der Waals surface area (Å²) in [6, 6.07) is 123. The minimum atomic E-state index is -0.231. The molecule has 0 bridgehead atoms. The Balaban J connectivity index is 1.00. The summed E-state index contributed by atoms with van der Waals surface area (Å²) in [6.45, 7) is 6.68. The lowest BCUT2D eigenvalue weighted by atomic mass is 9.33. The van der Waals surface area contributed by atoms with E-state index in [1.807, 2.05) is 0 Å². The van der Waals surface area contributed by atoms with Crippen LogP contribution in [0.4, 0.5) is 34.1 Å². The Labute approximate surface area is 544 Å². The van der Waals surface area contributed by atoms with Crippen LogP contribution in [0.15, 0.2) is 328 Å². The minimum absolute atomic E-state index is 0.0256. The molecule has 16 aromatic rings. The summed E-state index contributed by atoms with van der Waals surface area (Å²) in [5.41, 5.74) is 28.1. The molecule has 0 aromatic heterocycles. The van der Waals surface area contributed by atoms with Gasteiger partial charge in [-0.15, -0.1) is 0 Å². The molecule has 2 aliphatic heterocycles. The van der Waals surface area contributed by atoms with Gasteiger partial charge in [0.15, 0.2) is 0 Å². The highest BCUT2D eigenvalue weighted by atomic mass is 15.2.